The van der Waals surface area contributed by atoms with Gasteiger partial charge in [0.25, 0.3) is 11.5 Å². The first-order valence-electron chi connectivity index (χ1n) is 11.3. The summed E-state index contributed by atoms with van der Waals surface area (Å²) in [7, 11) is 0. The van der Waals surface area contributed by atoms with Crippen molar-refractivity contribution in [1.29, 1.82) is 0 Å². The van der Waals surface area contributed by atoms with Crippen molar-refractivity contribution >= 4 is 5.91 Å². The van der Waals surface area contributed by atoms with E-state index in [1.54, 1.807) is 0 Å². The van der Waals surface area contributed by atoms with Crippen LogP contribution in [-0.2, 0) is 6.54 Å². The number of nitrogens with zero attached hydrogens (tertiary/aromatic N) is 2. The molecule has 1 amide bonds. The van der Waals surface area contributed by atoms with Gasteiger partial charge in [-0.15, -0.1) is 0 Å². The molecule has 32 heavy (non-hydrogen) atoms. The predicted octanol–water partition coefficient (Wildman–Crippen LogP) is 4.37. The van der Waals surface area contributed by atoms with E-state index in [4.69, 9.17) is 4.74 Å². The summed E-state index contributed by atoms with van der Waals surface area (Å²) >= 11 is 0. The molecule has 1 saturated carbocycles. The molecule has 1 aliphatic rings. The molecule has 0 aliphatic heterocycles. The molecule has 1 fully saturated rings. The molecular weight excluding hydrogens is 402 g/mol. The van der Waals surface area contributed by atoms with Gasteiger partial charge in [0.2, 0.25) is 0 Å². The van der Waals surface area contributed by atoms with Gasteiger partial charge in [-0.3, -0.25) is 9.59 Å². The van der Waals surface area contributed by atoms with Crippen molar-refractivity contribution in [3.05, 3.63) is 94.4 Å². The van der Waals surface area contributed by atoms with E-state index >= 15 is 0 Å². The van der Waals surface area contributed by atoms with Gasteiger partial charge in [-0.25, -0.2) is 4.68 Å². The zero-order chi connectivity index (χ0) is 22.2. The molecule has 1 heterocycles. The summed E-state index contributed by atoms with van der Waals surface area (Å²) in [6.45, 7) is 0.552. The number of carbonyl (C=O) groups is 1. The number of hydrogen-bond donors (Lipinski definition) is 1. The largest absolute Gasteiger partial charge is 0.492 e. The van der Waals surface area contributed by atoms with Crippen LogP contribution in [0.2, 0.25) is 0 Å². The van der Waals surface area contributed by atoms with E-state index in [2.05, 4.69) is 22.5 Å². The average Bonchev–Trinajstić information content (AvgIpc) is 2.85. The maximum atomic E-state index is 13.1. The van der Waals surface area contributed by atoms with Gasteiger partial charge < -0.3 is 10.1 Å². The van der Waals surface area contributed by atoms with Crippen LogP contribution in [0.4, 0.5) is 0 Å². The summed E-state index contributed by atoms with van der Waals surface area (Å²) < 4.78 is 6.95. The number of para-hydroxylation sites is 1. The van der Waals surface area contributed by atoms with Crippen LogP contribution in [0.25, 0.3) is 0 Å². The molecule has 4 rings (SSSR count). The van der Waals surface area contributed by atoms with Crippen molar-refractivity contribution in [2.75, 3.05) is 6.61 Å². The molecule has 0 saturated heterocycles. The van der Waals surface area contributed by atoms with Crippen LogP contribution >= 0.6 is 0 Å². The predicted molar refractivity (Wildman–Crippen MR) is 124 cm³/mol. The van der Waals surface area contributed by atoms with Crippen LogP contribution < -0.4 is 15.6 Å². The zero-order valence-electron chi connectivity index (χ0n) is 18.2. The van der Waals surface area contributed by atoms with Gasteiger partial charge in [0.1, 0.15) is 18.1 Å². The van der Waals surface area contributed by atoms with Crippen molar-refractivity contribution < 1.29 is 9.53 Å². The lowest BCUT2D eigenvalue weighted by atomic mass is 9.81. The first-order chi connectivity index (χ1) is 15.7. The minimum Gasteiger partial charge on any atom is -0.492 e. The second-order valence-corrected chi connectivity index (χ2v) is 8.20. The maximum Gasteiger partial charge on any atom is 0.272 e. The molecule has 166 valence electrons. The van der Waals surface area contributed by atoms with Gasteiger partial charge >= 0.3 is 0 Å². The Morgan fingerprint density at radius 1 is 0.969 bits per heavy atom. The van der Waals surface area contributed by atoms with E-state index in [0.717, 1.165) is 24.2 Å². The molecule has 1 aromatic heterocycles. The Balaban J connectivity index is 1.46. The van der Waals surface area contributed by atoms with E-state index in [1.165, 1.54) is 36.1 Å². The number of ether oxygens (including phenoxy) is 1. The fourth-order valence-corrected chi connectivity index (χ4v) is 4.31. The number of amides is 1. The highest BCUT2D eigenvalue weighted by molar-refractivity contribution is 5.92. The summed E-state index contributed by atoms with van der Waals surface area (Å²) in [5, 5.41) is 7.51. The number of nitrogens with one attached hydrogen (secondary N) is 1. The van der Waals surface area contributed by atoms with E-state index < -0.39 is 0 Å². The first-order valence-corrected chi connectivity index (χ1v) is 11.3. The smallest absolute Gasteiger partial charge is 0.272 e. The topological polar surface area (TPSA) is 73.2 Å². The number of carbonyl (C=O) groups excluding carboxylic acids is 1. The molecule has 6 heteroatoms. The summed E-state index contributed by atoms with van der Waals surface area (Å²) in [4.78, 5) is 25.4. The minimum absolute atomic E-state index is 0.0624. The highest BCUT2D eigenvalue weighted by Crippen LogP contribution is 2.34. The number of benzene rings is 2. The highest BCUT2D eigenvalue weighted by atomic mass is 16.5. The molecule has 1 aliphatic carbocycles. The van der Waals surface area contributed by atoms with Gasteiger partial charge in [0.15, 0.2) is 0 Å². The summed E-state index contributed by atoms with van der Waals surface area (Å²) in [6, 6.07) is 22.3. The molecule has 6 nitrogen and oxygen atoms in total. The minimum atomic E-state index is -0.262. The summed E-state index contributed by atoms with van der Waals surface area (Å²) in [5.41, 5.74) is 1.09. The number of rotatable bonds is 8. The Morgan fingerprint density at radius 2 is 1.66 bits per heavy atom. The van der Waals surface area contributed by atoms with Gasteiger partial charge in [0, 0.05) is 6.07 Å². The highest BCUT2D eigenvalue weighted by Gasteiger charge is 2.27. The third-order valence-electron chi connectivity index (χ3n) is 5.98. The Kier molecular flexibility index (Phi) is 7.33. The summed E-state index contributed by atoms with van der Waals surface area (Å²) in [6.07, 6.45) is 5.83. The maximum absolute atomic E-state index is 13.1. The molecule has 1 N–H and O–H groups in total. The van der Waals surface area contributed by atoms with Gasteiger partial charge in [-0.2, -0.15) is 5.10 Å². The van der Waals surface area contributed by atoms with Gasteiger partial charge in [-0.1, -0.05) is 67.8 Å². The summed E-state index contributed by atoms with van der Waals surface area (Å²) in [5.74, 6) is 0.870. The SMILES string of the molecule is O=C(NC(c1ccccc1)C1CCCCC1)c1ccc(=O)n(CCOc2ccccc2)n1. The Labute approximate surface area is 188 Å². The van der Waals surface area contributed by atoms with Crippen molar-refractivity contribution in [2.24, 2.45) is 5.92 Å². The fourth-order valence-electron chi connectivity index (χ4n) is 4.31. The van der Waals surface area contributed by atoms with Gasteiger partial charge in [-0.05, 0) is 42.5 Å². The van der Waals surface area contributed by atoms with Crippen LogP contribution in [0.3, 0.4) is 0 Å². The molecule has 2 aromatic carbocycles. The molecule has 3 aromatic rings. The Bertz CT molecular complexity index is 1060. The number of aromatic nitrogens is 2. The Morgan fingerprint density at radius 3 is 2.38 bits per heavy atom. The second kappa shape index (κ2) is 10.8. The fraction of sp³-hybridized carbons (Fsp3) is 0.346. The molecule has 1 unspecified atom stereocenters. The van der Waals surface area contributed by atoms with Crippen LogP contribution in [0.1, 0.15) is 54.2 Å². The van der Waals surface area contributed by atoms with Crippen LogP contribution in [-0.4, -0.2) is 22.3 Å². The lowest BCUT2D eigenvalue weighted by molar-refractivity contribution is 0.0904. The average molecular weight is 432 g/mol. The number of hydrogen-bond acceptors (Lipinski definition) is 4. The standard InChI is InChI=1S/C26H29N3O3/c30-24-17-16-23(28-29(24)18-19-32-22-14-8-3-9-15-22)26(31)27-25(20-10-4-1-5-11-20)21-12-6-2-7-13-21/h1,3-5,8-11,14-17,21,25H,2,6-7,12-13,18-19H2,(H,27,31). The van der Waals surface area contributed by atoms with Crippen LogP contribution in [0, 0.1) is 5.92 Å². The molecule has 0 spiro atoms. The third kappa shape index (κ3) is 5.63. The quantitative estimate of drug-likeness (QED) is 0.575. The monoisotopic (exact) mass is 431 g/mol. The van der Waals surface area contributed by atoms with E-state index in [9.17, 15) is 9.59 Å². The second-order valence-electron chi connectivity index (χ2n) is 8.20. The molecular formula is C26H29N3O3. The van der Waals surface area contributed by atoms with Gasteiger partial charge in [0.05, 0.1) is 12.6 Å². The normalized spacial score (nSPS) is 15.1. The third-order valence-corrected chi connectivity index (χ3v) is 5.98. The van der Waals surface area contributed by atoms with Crippen molar-refractivity contribution in [3.8, 4) is 5.75 Å². The Hall–Kier alpha value is -3.41. The lowest BCUT2D eigenvalue weighted by Crippen LogP contribution is -2.36. The van der Waals surface area contributed by atoms with Crippen molar-refractivity contribution in [3.63, 3.8) is 0 Å². The van der Waals surface area contributed by atoms with Crippen molar-refractivity contribution in [1.82, 2.24) is 15.1 Å². The first kappa shape index (κ1) is 21.8. The molecule has 0 bridgehead atoms. The van der Waals surface area contributed by atoms with E-state index in [-0.39, 0.29) is 36.4 Å². The van der Waals surface area contributed by atoms with Crippen LogP contribution in [0.15, 0.2) is 77.6 Å². The molecule has 0 radical (unpaired) electrons. The van der Waals surface area contributed by atoms with Crippen LogP contribution in [0.5, 0.6) is 5.75 Å². The zero-order valence-corrected chi connectivity index (χ0v) is 18.2. The molecule has 1 atom stereocenters. The van der Waals surface area contributed by atoms with Crippen molar-refractivity contribution in [2.45, 2.75) is 44.7 Å². The van der Waals surface area contributed by atoms with E-state index in [0.29, 0.717) is 5.92 Å². The lowest BCUT2D eigenvalue weighted by Gasteiger charge is -2.31. The van der Waals surface area contributed by atoms with E-state index in [1.807, 2.05) is 48.5 Å².